The number of hydrogen-bond donors (Lipinski definition) is 7. The number of unbranched alkanes of at least 4 members (excludes halogenated alkanes) is 11. The quantitative estimate of drug-likeness (QED) is 0.00998. The summed E-state index contributed by atoms with van der Waals surface area (Å²) in [7, 11) is -10.7. The maximum atomic E-state index is 13.0. The zero-order chi connectivity index (χ0) is 50.0. The van der Waals surface area contributed by atoms with Gasteiger partial charge in [-0.3, -0.25) is 23.2 Å². The van der Waals surface area contributed by atoms with Crippen LogP contribution in [0.3, 0.4) is 0 Å². The van der Waals surface area contributed by atoms with Gasteiger partial charge in [-0.25, -0.2) is 9.13 Å². The predicted molar refractivity (Wildman–Crippen MR) is 259 cm³/mol. The van der Waals surface area contributed by atoms with Crippen LogP contribution in [-0.2, 0) is 46.5 Å². The second-order valence-electron chi connectivity index (χ2n) is 17.2. The molecule has 2 rings (SSSR count). The van der Waals surface area contributed by atoms with E-state index in [9.17, 15) is 53.8 Å². The van der Waals surface area contributed by atoms with Crippen LogP contribution < -0.4 is 0 Å². The average molecular weight is 1010 g/mol. The van der Waals surface area contributed by atoms with Crippen molar-refractivity contribution in [1.82, 2.24) is 0 Å². The van der Waals surface area contributed by atoms with Crippen molar-refractivity contribution in [3.8, 4) is 0 Å². The van der Waals surface area contributed by atoms with Crippen LogP contribution in [0.25, 0.3) is 0 Å². The van der Waals surface area contributed by atoms with Crippen LogP contribution in [0.4, 0.5) is 0 Å². The first-order valence-corrected chi connectivity index (χ1v) is 27.6. The van der Waals surface area contributed by atoms with Crippen molar-refractivity contribution >= 4 is 27.6 Å². The molecule has 0 amide bonds. The Kier molecular flexibility index (Phi) is 32.9. The van der Waals surface area contributed by atoms with Gasteiger partial charge < -0.3 is 49.3 Å². The Morgan fingerprint density at radius 2 is 1.04 bits per heavy atom. The Morgan fingerprint density at radius 3 is 1.62 bits per heavy atom. The van der Waals surface area contributed by atoms with E-state index in [4.69, 9.17) is 23.3 Å². The molecular weight excluding hydrogens is 922 g/mol. The molecule has 1 saturated carbocycles. The molecule has 0 aromatic rings. The lowest BCUT2D eigenvalue weighted by atomic mass is 9.85. The average Bonchev–Trinajstić information content (AvgIpc) is 4.05. The van der Waals surface area contributed by atoms with Crippen molar-refractivity contribution in [1.29, 1.82) is 0 Å². The number of esters is 2. The van der Waals surface area contributed by atoms with Crippen molar-refractivity contribution in [2.24, 2.45) is 0 Å². The molecule has 1 saturated heterocycles. The van der Waals surface area contributed by atoms with Crippen LogP contribution in [0, 0.1) is 0 Å². The van der Waals surface area contributed by atoms with Crippen LogP contribution in [0.1, 0.15) is 155 Å². The number of carbonyl (C=O) groups excluding carboxylic acids is 2. The number of phosphoric ester groups is 2. The molecule has 0 spiro atoms. The Morgan fingerprint density at radius 1 is 0.544 bits per heavy atom. The number of carbonyl (C=O) groups is 2. The number of rotatable bonds is 39. The van der Waals surface area contributed by atoms with Crippen molar-refractivity contribution in [3.63, 3.8) is 0 Å². The first kappa shape index (κ1) is 61.5. The molecule has 0 aromatic heterocycles. The lowest BCUT2D eigenvalue weighted by Gasteiger charge is -2.43. The van der Waals surface area contributed by atoms with Crippen molar-refractivity contribution in [2.45, 2.75) is 210 Å². The van der Waals surface area contributed by atoms with Gasteiger partial charge in [0.15, 0.2) is 6.10 Å². The molecule has 1 aliphatic carbocycles. The third-order valence-electron chi connectivity index (χ3n) is 11.2. The summed E-state index contributed by atoms with van der Waals surface area (Å²) in [6.07, 6.45) is 30.5. The standard InChI is InChI=1S/C49H82O17P2/c1-3-5-7-8-9-10-11-12-13-14-19-22-25-28-32-36-43(51)63-39(38-62-68(59,60)66-49-46(54)44(52)45(53)48(47(49)55)65-67(56,57)58)37-61-42(50)35-31-27-24-21-18-16-15-17-20-23-26-30-34-41-40(64-41)33-29-6-4-2/h6,12-13,16-18,20,24,26-27,29-30,39-41,44-49,52-55H,3-5,7-11,14-15,19,21-23,25,28,31-38H2,1-2H3,(H,59,60)(H2,56,57,58)/b13-12-,18-16-,20-17-,27-24-,29-6-,30-26-/t39-,40?,41?,44?,45?,46?,47?,48-,49+/m1/s1. The number of phosphoric acid groups is 2. The SMILES string of the molecule is CC/C=C\CC1OC1C/C=C\C/C=C\C/C=C\C/C=C\CCC(=O)OC[C@H](COP(=O)(O)O[C@H]1C(O)C(O)C(O)[C@@H](OP(=O)(O)O)C1O)OC(=O)CCCCCCC/C=C\CCCCCCCC. The Balaban J connectivity index is 1.80. The summed E-state index contributed by atoms with van der Waals surface area (Å²) in [4.78, 5) is 54.3. The maximum absolute atomic E-state index is 13.0. The van der Waals surface area contributed by atoms with Gasteiger partial charge in [-0.2, -0.15) is 0 Å². The zero-order valence-electron chi connectivity index (χ0n) is 40.2. The summed E-state index contributed by atoms with van der Waals surface area (Å²) in [5.41, 5.74) is 0. The molecule has 0 bridgehead atoms. The molecule has 2 aliphatic rings. The fourth-order valence-electron chi connectivity index (χ4n) is 7.26. The lowest BCUT2D eigenvalue weighted by molar-refractivity contribution is -0.216. The molecule has 17 nitrogen and oxygen atoms in total. The van der Waals surface area contributed by atoms with E-state index < -0.39 is 83.5 Å². The first-order valence-electron chi connectivity index (χ1n) is 24.6. The van der Waals surface area contributed by atoms with Crippen LogP contribution in [0.15, 0.2) is 72.9 Å². The normalized spacial score (nSPS) is 24.8. The van der Waals surface area contributed by atoms with Gasteiger partial charge in [0.2, 0.25) is 0 Å². The Hall–Kier alpha value is -2.60. The number of aliphatic hydroxyl groups excluding tert-OH is 4. The van der Waals surface area contributed by atoms with E-state index in [0.29, 0.717) is 31.5 Å². The molecule has 0 aromatic carbocycles. The first-order chi connectivity index (χ1) is 32.6. The molecule has 7 N–H and O–H groups in total. The van der Waals surface area contributed by atoms with Gasteiger partial charge in [0.1, 0.15) is 43.2 Å². The lowest BCUT2D eigenvalue weighted by Crippen LogP contribution is -2.64. The minimum absolute atomic E-state index is 0.0125. The van der Waals surface area contributed by atoms with E-state index in [2.05, 4.69) is 67.0 Å². The highest BCUT2D eigenvalue weighted by Crippen LogP contribution is 2.49. The van der Waals surface area contributed by atoms with Gasteiger partial charge in [0, 0.05) is 12.8 Å². The molecule has 68 heavy (non-hydrogen) atoms. The summed E-state index contributed by atoms with van der Waals surface area (Å²) in [6, 6.07) is 0. The number of ether oxygens (including phenoxy) is 3. The predicted octanol–water partition coefficient (Wildman–Crippen LogP) is 8.61. The number of allylic oxidation sites excluding steroid dienone is 10. The molecule has 1 aliphatic heterocycles. The highest BCUT2D eigenvalue weighted by molar-refractivity contribution is 7.47. The summed E-state index contributed by atoms with van der Waals surface area (Å²) in [6.45, 7) is 2.91. The van der Waals surface area contributed by atoms with E-state index in [0.717, 1.165) is 70.6 Å². The van der Waals surface area contributed by atoms with Gasteiger partial charge in [-0.1, -0.05) is 138 Å². The van der Waals surface area contributed by atoms with Crippen LogP contribution in [0.2, 0.25) is 0 Å². The van der Waals surface area contributed by atoms with E-state index in [-0.39, 0.29) is 12.8 Å². The maximum Gasteiger partial charge on any atom is 0.472 e. The molecule has 390 valence electrons. The van der Waals surface area contributed by atoms with Gasteiger partial charge >= 0.3 is 27.6 Å². The molecule has 7 unspecified atom stereocenters. The van der Waals surface area contributed by atoms with E-state index in [1.54, 1.807) is 0 Å². The largest absolute Gasteiger partial charge is 0.472 e. The fraction of sp³-hybridized carbons (Fsp3) is 0.714. The zero-order valence-corrected chi connectivity index (χ0v) is 42.0. The summed E-state index contributed by atoms with van der Waals surface area (Å²) in [5, 5.41) is 41.3. The molecule has 0 radical (unpaired) electrons. The molecule has 2 fully saturated rings. The smallest absolute Gasteiger partial charge is 0.462 e. The third kappa shape index (κ3) is 29.6. The second-order valence-corrected chi connectivity index (χ2v) is 19.8. The van der Waals surface area contributed by atoms with Crippen LogP contribution >= 0.6 is 15.6 Å². The second kappa shape index (κ2) is 36.3. The van der Waals surface area contributed by atoms with Gasteiger partial charge in [0.05, 0.1) is 18.8 Å². The van der Waals surface area contributed by atoms with Crippen molar-refractivity contribution in [2.75, 3.05) is 13.2 Å². The monoisotopic (exact) mass is 1000 g/mol. The van der Waals surface area contributed by atoms with Crippen LogP contribution in [0.5, 0.6) is 0 Å². The Bertz CT molecular complexity index is 1660. The molecule has 19 heteroatoms. The number of epoxide rings is 1. The van der Waals surface area contributed by atoms with Crippen molar-refractivity contribution in [3.05, 3.63) is 72.9 Å². The molecular formula is C49H82O17P2. The van der Waals surface area contributed by atoms with Gasteiger partial charge in [-0.15, -0.1) is 0 Å². The topological polar surface area (TPSA) is 269 Å². The van der Waals surface area contributed by atoms with E-state index >= 15 is 0 Å². The minimum Gasteiger partial charge on any atom is -0.462 e. The van der Waals surface area contributed by atoms with Crippen molar-refractivity contribution < 1.29 is 81.6 Å². The highest BCUT2D eigenvalue weighted by atomic mass is 31.2. The van der Waals surface area contributed by atoms with E-state index in [1.807, 2.05) is 24.3 Å². The highest BCUT2D eigenvalue weighted by Gasteiger charge is 2.54. The molecule has 10 atom stereocenters. The van der Waals surface area contributed by atoms with Gasteiger partial charge in [0.25, 0.3) is 0 Å². The third-order valence-corrected chi connectivity index (χ3v) is 12.7. The van der Waals surface area contributed by atoms with Crippen LogP contribution in [-0.4, -0.2) is 115 Å². The number of hydrogen-bond acceptors (Lipinski definition) is 14. The summed E-state index contributed by atoms with van der Waals surface area (Å²) in [5.74, 6) is -1.32. The van der Waals surface area contributed by atoms with E-state index in [1.165, 1.54) is 38.5 Å². The van der Waals surface area contributed by atoms with Gasteiger partial charge in [-0.05, 0) is 77.0 Å². The fourth-order valence-corrected chi connectivity index (χ4v) is 8.80. The summed E-state index contributed by atoms with van der Waals surface area (Å²) < 4.78 is 55.0. The Labute approximate surface area is 404 Å². The number of aliphatic hydroxyl groups is 4. The minimum atomic E-state index is -5.38. The summed E-state index contributed by atoms with van der Waals surface area (Å²) >= 11 is 0. The molecule has 1 heterocycles.